The number of benzene rings is 1. The number of rotatable bonds is 6. The molecule has 0 aliphatic carbocycles. The summed E-state index contributed by atoms with van der Waals surface area (Å²) in [6, 6.07) is 9.75. The molecule has 0 fully saturated rings. The Bertz CT molecular complexity index is 933. The van der Waals surface area contributed by atoms with E-state index in [4.69, 9.17) is 22.0 Å². The van der Waals surface area contributed by atoms with E-state index in [-0.39, 0.29) is 12.3 Å². The minimum atomic E-state index is -1.07. The smallest absolute Gasteiger partial charge is 0.320 e. The summed E-state index contributed by atoms with van der Waals surface area (Å²) in [6.45, 7) is 0. The van der Waals surface area contributed by atoms with Crippen LogP contribution in [0.15, 0.2) is 48.9 Å². The topological polar surface area (TPSA) is 157 Å². The number of carbonyl (C=O) groups is 1. The Hall–Kier alpha value is -3.59. The highest BCUT2D eigenvalue weighted by molar-refractivity contribution is 5.95. The molecule has 0 saturated carbocycles. The summed E-state index contributed by atoms with van der Waals surface area (Å²) in [5, 5.41) is 24.6. The maximum atomic E-state index is 10.8. The number of carboxylic acids is 1. The number of carboxylic acid groups (broad SMARTS) is 1. The summed E-state index contributed by atoms with van der Waals surface area (Å²) in [7, 11) is 0. The van der Waals surface area contributed by atoms with Gasteiger partial charge in [-0.05, 0) is 12.1 Å². The Morgan fingerprint density at radius 1 is 1.19 bits per heavy atom. The van der Waals surface area contributed by atoms with Crippen LogP contribution in [0.5, 0.6) is 0 Å². The average Bonchev–Trinajstić information content (AvgIpc) is 3.10. The van der Waals surface area contributed by atoms with Crippen molar-refractivity contribution < 1.29 is 9.90 Å². The zero-order valence-corrected chi connectivity index (χ0v) is 13.7. The normalized spacial score (nSPS) is 11.9. The van der Waals surface area contributed by atoms with E-state index in [0.717, 1.165) is 5.56 Å². The molecule has 1 atom stereocenters. The van der Waals surface area contributed by atoms with Gasteiger partial charge in [0, 0.05) is 23.7 Å². The molecule has 3 rings (SSSR count). The van der Waals surface area contributed by atoms with Crippen molar-refractivity contribution in [2.45, 2.75) is 12.5 Å². The van der Waals surface area contributed by atoms with E-state index in [0.29, 0.717) is 22.8 Å². The fourth-order valence-corrected chi connectivity index (χ4v) is 2.34. The van der Waals surface area contributed by atoms with Crippen LogP contribution in [-0.4, -0.2) is 42.7 Å². The van der Waals surface area contributed by atoms with Crippen molar-refractivity contribution in [3.63, 3.8) is 0 Å². The molecule has 0 aliphatic heterocycles. The van der Waals surface area contributed by atoms with Gasteiger partial charge in [-0.25, -0.2) is 4.98 Å². The van der Waals surface area contributed by atoms with Crippen molar-refractivity contribution in [2.24, 2.45) is 11.5 Å². The fraction of sp³-hybridized carbons (Fsp3) is 0.118. The number of nitrogens with one attached hydrogen (secondary N) is 1. The van der Waals surface area contributed by atoms with E-state index in [2.05, 4.69) is 15.2 Å². The summed E-state index contributed by atoms with van der Waals surface area (Å²) in [4.78, 5) is 15.0. The summed E-state index contributed by atoms with van der Waals surface area (Å²) >= 11 is 0. The predicted molar refractivity (Wildman–Crippen MR) is 94.9 cm³/mol. The standard InChI is InChI=1S/C17H17N7O2/c18-13(17(25)26)7-12-8-24(9-21-12)15-6-5-14(22-23-15)10-1-3-11(4-2-10)16(19)20/h1-6,8-9,13H,7,18H2,(H3,19,20)(H,25,26). The van der Waals surface area contributed by atoms with Crippen LogP contribution in [0, 0.1) is 5.41 Å². The minimum absolute atomic E-state index is 0.0107. The average molecular weight is 351 g/mol. The first-order chi connectivity index (χ1) is 12.4. The summed E-state index contributed by atoms with van der Waals surface area (Å²) < 4.78 is 1.65. The van der Waals surface area contributed by atoms with Gasteiger partial charge in [0.05, 0.1) is 11.4 Å². The molecule has 0 saturated heterocycles. The highest BCUT2D eigenvalue weighted by atomic mass is 16.4. The maximum Gasteiger partial charge on any atom is 0.320 e. The SMILES string of the molecule is N=C(N)c1ccc(-c2ccc(-n3cnc(CC(N)C(=O)O)c3)nn2)cc1. The molecule has 3 aromatic rings. The Morgan fingerprint density at radius 2 is 1.92 bits per heavy atom. The van der Waals surface area contributed by atoms with Crippen LogP contribution in [0.1, 0.15) is 11.3 Å². The second kappa shape index (κ2) is 7.11. The summed E-state index contributed by atoms with van der Waals surface area (Å²) in [5.41, 5.74) is 13.7. The number of nitrogens with zero attached hydrogens (tertiary/aromatic N) is 4. The monoisotopic (exact) mass is 351 g/mol. The van der Waals surface area contributed by atoms with Gasteiger partial charge < -0.3 is 16.6 Å². The molecule has 0 aliphatic rings. The van der Waals surface area contributed by atoms with Gasteiger partial charge in [-0.15, -0.1) is 10.2 Å². The third-order valence-corrected chi connectivity index (χ3v) is 3.79. The molecule has 0 radical (unpaired) electrons. The molecule has 2 heterocycles. The lowest BCUT2D eigenvalue weighted by Gasteiger charge is -2.04. The highest BCUT2D eigenvalue weighted by Crippen LogP contribution is 2.18. The van der Waals surface area contributed by atoms with Crippen LogP contribution in [0.25, 0.3) is 17.1 Å². The number of nitrogen functional groups attached to an aromatic ring is 1. The van der Waals surface area contributed by atoms with Crippen LogP contribution in [0.2, 0.25) is 0 Å². The van der Waals surface area contributed by atoms with Gasteiger partial charge in [0.1, 0.15) is 18.2 Å². The van der Waals surface area contributed by atoms with Crippen molar-refractivity contribution >= 4 is 11.8 Å². The highest BCUT2D eigenvalue weighted by Gasteiger charge is 2.14. The maximum absolute atomic E-state index is 10.8. The van der Waals surface area contributed by atoms with Gasteiger partial charge in [0.25, 0.3) is 0 Å². The van der Waals surface area contributed by atoms with E-state index in [1.54, 1.807) is 29.0 Å². The third kappa shape index (κ3) is 3.73. The number of aliphatic carboxylic acids is 1. The van der Waals surface area contributed by atoms with Crippen molar-refractivity contribution in [1.82, 2.24) is 19.7 Å². The van der Waals surface area contributed by atoms with Crippen LogP contribution in [-0.2, 0) is 11.2 Å². The van der Waals surface area contributed by atoms with Crippen molar-refractivity contribution in [3.8, 4) is 17.1 Å². The van der Waals surface area contributed by atoms with Gasteiger partial charge in [-0.3, -0.25) is 14.8 Å². The van der Waals surface area contributed by atoms with E-state index in [9.17, 15) is 4.79 Å². The molecule has 0 amide bonds. The first-order valence-electron chi connectivity index (χ1n) is 7.74. The first kappa shape index (κ1) is 17.2. The molecule has 0 spiro atoms. The first-order valence-corrected chi connectivity index (χ1v) is 7.74. The molecule has 9 nitrogen and oxygen atoms in total. The number of nitrogens with two attached hydrogens (primary N) is 2. The van der Waals surface area contributed by atoms with E-state index >= 15 is 0 Å². The van der Waals surface area contributed by atoms with Crippen LogP contribution in [0.3, 0.4) is 0 Å². The van der Waals surface area contributed by atoms with Crippen molar-refractivity contribution in [1.29, 1.82) is 5.41 Å². The quantitative estimate of drug-likeness (QED) is 0.373. The zero-order valence-electron chi connectivity index (χ0n) is 13.7. The summed E-state index contributed by atoms with van der Waals surface area (Å²) in [6.07, 6.45) is 3.35. The third-order valence-electron chi connectivity index (χ3n) is 3.79. The molecule has 2 aromatic heterocycles. The molecular formula is C17H17N7O2. The molecule has 1 aromatic carbocycles. The molecule has 9 heteroatoms. The largest absolute Gasteiger partial charge is 0.480 e. The molecule has 26 heavy (non-hydrogen) atoms. The second-order valence-corrected chi connectivity index (χ2v) is 5.69. The van der Waals surface area contributed by atoms with E-state index in [1.807, 2.05) is 18.2 Å². The zero-order chi connectivity index (χ0) is 18.7. The lowest BCUT2D eigenvalue weighted by atomic mass is 10.1. The second-order valence-electron chi connectivity index (χ2n) is 5.69. The van der Waals surface area contributed by atoms with E-state index < -0.39 is 12.0 Å². The molecular weight excluding hydrogens is 334 g/mol. The van der Waals surface area contributed by atoms with Crippen molar-refractivity contribution in [3.05, 3.63) is 60.2 Å². The molecule has 1 unspecified atom stereocenters. The van der Waals surface area contributed by atoms with Crippen molar-refractivity contribution in [2.75, 3.05) is 0 Å². The van der Waals surface area contributed by atoms with Gasteiger partial charge >= 0.3 is 5.97 Å². The lowest BCUT2D eigenvalue weighted by Crippen LogP contribution is -2.32. The Labute approximate surface area is 148 Å². The van der Waals surface area contributed by atoms with Gasteiger partial charge in [0.2, 0.25) is 0 Å². The Balaban J connectivity index is 1.76. The molecule has 0 bridgehead atoms. The Morgan fingerprint density at radius 3 is 2.50 bits per heavy atom. The number of imidazole rings is 1. The minimum Gasteiger partial charge on any atom is -0.480 e. The lowest BCUT2D eigenvalue weighted by molar-refractivity contribution is -0.138. The fourth-order valence-electron chi connectivity index (χ4n) is 2.34. The number of aromatic nitrogens is 4. The summed E-state index contributed by atoms with van der Waals surface area (Å²) in [5.74, 6) is -0.507. The number of amidine groups is 1. The number of hydrogen-bond acceptors (Lipinski definition) is 6. The van der Waals surface area contributed by atoms with Gasteiger partial charge in [-0.2, -0.15) is 0 Å². The molecule has 6 N–H and O–H groups in total. The van der Waals surface area contributed by atoms with Crippen LogP contribution < -0.4 is 11.5 Å². The van der Waals surface area contributed by atoms with Crippen LogP contribution >= 0.6 is 0 Å². The Kier molecular flexibility index (Phi) is 4.72. The van der Waals surface area contributed by atoms with E-state index in [1.165, 1.54) is 6.33 Å². The van der Waals surface area contributed by atoms with Gasteiger partial charge in [0.15, 0.2) is 5.82 Å². The van der Waals surface area contributed by atoms with Gasteiger partial charge in [-0.1, -0.05) is 24.3 Å². The van der Waals surface area contributed by atoms with Crippen LogP contribution in [0.4, 0.5) is 0 Å². The number of hydrogen-bond donors (Lipinski definition) is 4. The molecule has 132 valence electrons. The predicted octanol–water partition coefficient (Wildman–Crippen LogP) is 0.568.